The van der Waals surface area contributed by atoms with E-state index in [-0.39, 0.29) is 5.91 Å². The van der Waals surface area contributed by atoms with Gasteiger partial charge < -0.3 is 15.4 Å². The maximum Gasteiger partial charge on any atom is 0.329 e. The van der Waals surface area contributed by atoms with Crippen LogP contribution in [0.15, 0.2) is 41.8 Å². The van der Waals surface area contributed by atoms with Crippen LogP contribution in [0, 0.1) is 0 Å². The zero-order chi connectivity index (χ0) is 18.4. The minimum Gasteiger partial charge on any atom is -0.451 e. The van der Waals surface area contributed by atoms with Crippen LogP contribution >= 0.6 is 22.9 Å². The molecule has 0 fully saturated rings. The van der Waals surface area contributed by atoms with E-state index in [1.165, 1.54) is 25.2 Å². The molecule has 8 heteroatoms. The van der Waals surface area contributed by atoms with Crippen LogP contribution in [0.25, 0.3) is 0 Å². The van der Waals surface area contributed by atoms with E-state index in [4.69, 9.17) is 16.3 Å². The number of anilines is 1. The van der Waals surface area contributed by atoms with Gasteiger partial charge in [0.15, 0.2) is 6.10 Å². The highest BCUT2D eigenvalue weighted by Gasteiger charge is 2.23. The molecule has 6 nitrogen and oxygen atoms in total. The van der Waals surface area contributed by atoms with Crippen LogP contribution in [0.2, 0.25) is 5.02 Å². The molecule has 2 rings (SSSR count). The summed E-state index contributed by atoms with van der Waals surface area (Å²) in [6.07, 6.45) is -1.02. The van der Waals surface area contributed by atoms with Crippen LogP contribution in [0.1, 0.15) is 23.5 Å². The summed E-state index contributed by atoms with van der Waals surface area (Å²) in [4.78, 5) is 36.5. The van der Waals surface area contributed by atoms with Crippen molar-refractivity contribution in [2.24, 2.45) is 0 Å². The van der Waals surface area contributed by atoms with E-state index in [0.717, 1.165) is 0 Å². The summed E-state index contributed by atoms with van der Waals surface area (Å²) in [6.45, 7) is 2.95. The van der Waals surface area contributed by atoms with Gasteiger partial charge in [0.1, 0.15) is 6.04 Å². The zero-order valence-corrected chi connectivity index (χ0v) is 15.2. The van der Waals surface area contributed by atoms with Crippen molar-refractivity contribution in [3.63, 3.8) is 0 Å². The second-order valence-corrected chi connectivity index (χ2v) is 6.64. The molecule has 0 bridgehead atoms. The highest BCUT2D eigenvalue weighted by atomic mass is 35.5. The fourth-order valence-corrected chi connectivity index (χ4v) is 2.69. The summed E-state index contributed by atoms with van der Waals surface area (Å²) in [6, 6.07) is 9.13. The number of ether oxygens (including phenoxy) is 1. The monoisotopic (exact) mass is 380 g/mol. The van der Waals surface area contributed by atoms with Crippen LogP contribution in [0.5, 0.6) is 0 Å². The summed E-state index contributed by atoms with van der Waals surface area (Å²) in [5.41, 5.74) is 0.499. The summed E-state index contributed by atoms with van der Waals surface area (Å²) in [5, 5.41) is 7.38. The Hall–Kier alpha value is -2.38. The molecule has 25 heavy (non-hydrogen) atoms. The summed E-state index contributed by atoms with van der Waals surface area (Å²) >= 11 is 7.12. The van der Waals surface area contributed by atoms with E-state index in [0.29, 0.717) is 15.6 Å². The van der Waals surface area contributed by atoms with Crippen molar-refractivity contribution in [2.45, 2.75) is 26.0 Å². The average molecular weight is 381 g/mol. The minimum atomic E-state index is -1.02. The number of carbonyl (C=O) groups excluding carboxylic acids is 3. The second-order valence-electron chi connectivity index (χ2n) is 5.25. The molecule has 0 aliphatic carbocycles. The predicted molar refractivity (Wildman–Crippen MR) is 96.9 cm³/mol. The first kappa shape index (κ1) is 19.0. The van der Waals surface area contributed by atoms with Gasteiger partial charge in [-0.05, 0) is 43.5 Å². The van der Waals surface area contributed by atoms with Crippen molar-refractivity contribution in [3.8, 4) is 0 Å². The molecule has 2 atom stereocenters. The Morgan fingerprint density at radius 1 is 1.16 bits per heavy atom. The van der Waals surface area contributed by atoms with E-state index in [9.17, 15) is 14.4 Å². The third-order valence-electron chi connectivity index (χ3n) is 3.20. The van der Waals surface area contributed by atoms with Crippen LogP contribution < -0.4 is 10.6 Å². The lowest BCUT2D eigenvalue weighted by Gasteiger charge is -2.17. The Bertz CT molecular complexity index is 764. The molecule has 2 unspecified atom stereocenters. The van der Waals surface area contributed by atoms with Crippen LogP contribution in [0.4, 0.5) is 5.69 Å². The van der Waals surface area contributed by atoms with Crippen LogP contribution in [-0.4, -0.2) is 29.9 Å². The lowest BCUT2D eigenvalue weighted by atomic mass is 10.3. The number of nitrogens with one attached hydrogen (secondary N) is 2. The Morgan fingerprint density at radius 3 is 2.56 bits per heavy atom. The van der Waals surface area contributed by atoms with Gasteiger partial charge in [-0.1, -0.05) is 23.7 Å². The van der Waals surface area contributed by atoms with Gasteiger partial charge in [0.2, 0.25) is 0 Å². The lowest BCUT2D eigenvalue weighted by Crippen LogP contribution is -2.42. The van der Waals surface area contributed by atoms with E-state index >= 15 is 0 Å². The topological polar surface area (TPSA) is 84.5 Å². The molecule has 1 aromatic heterocycles. The first-order valence-electron chi connectivity index (χ1n) is 7.48. The number of carbonyl (C=O) groups is 3. The molecule has 0 aliphatic rings. The average Bonchev–Trinajstić information content (AvgIpc) is 3.09. The molecule has 132 valence electrons. The molecule has 2 N–H and O–H groups in total. The number of esters is 1. The normalized spacial score (nSPS) is 12.8. The quantitative estimate of drug-likeness (QED) is 0.754. The molecule has 0 spiro atoms. The number of hydrogen-bond donors (Lipinski definition) is 2. The van der Waals surface area contributed by atoms with Crippen molar-refractivity contribution in [2.75, 3.05) is 5.32 Å². The SMILES string of the molecule is CC(NC(=O)c1cccs1)C(=O)OC(C)C(=O)Nc1cccc(Cl)c1. The first-order valence-corrected chi connectivity index (χ1v) is 8.74. The highest BCUT2D eigenvalue weighted by molar-refractivity contribution is 7.12. The van der Waals surface area contributed by atoms with Gasteiger partial charge in [-0.2, -0.15) is 0 Å². The standard InChI is InChI=1S/C17H17ClN2O4S/c1-10(19-16(22)14-7-4-8-25-14)17(23)24-11(2)15(21)20-13-6-3-5-12(18)9-13/h3-11H,1-2H3,(H,19,22)(H,20,21). The molecule has 1 aromatic carbocycles. The molecule has 0 radical (unpaired) electrons. The fraction of sp³-hybridized carbons (Fsp3) is 0.235. The van der Waals surface area contributed by atoms with Gasteiger partial charge in [-0.25, -0.2) is 4.79 Å². The van der Waals surface area contributed by atoms with Gasteiger partial charge >= 0.3 is 5.97 Å². The summed E-state index contributed by atoms with van der Waals surface area (Å²) in [5.74, 6) is -1.55. The fourth-order valence-electron chi connectivity index (χ4n) is 1.87. The number of hydrogen-bond acceptors (Lipinski definition) is 5. The molecule has 0 saturated carbocycles. The van der Waals surface area contributed by atoms with Crippen LogP contribution in [0.3, 0.4) is 0 Å². The number of halogens is 1. The second kappa shape index (κ2) is 8.64. The van der Waals surface area contributed by atoms with Gasteiger partial charge in [-0.3, -0.25) is 9.59 Å². The van der Waals surface area contributed by atoms with Crippen molar-refractivity contribution in [1.82, 2.24) is 5.32 Å². The summed E-state index contributed by atoms with van der Waals surface area (Å²) in [7, 11) is 0. The van der Waals surface area contributed by atoms with Gasteiger partial charge in [0.05, 0.1) is 4.88 Å². The molecular weight excluding hydrogens is 364 g/mol. The lowest BCUT2D eigenvalue weighted by molar-refractivity contribution is -0.154. The Morgan fingerprint density at radius 2 is 1.92 bits per heavy atom. The van der Waals surface area contributed by atoms with E-state index in [1.54, 1.807) is 41.8 Å². The Kier molecular flexibility index (Phi) is 6.55. The maximum absolute atomic E-state index is 12.1. The Labute approximate surface area is 154 Å². The van der Waals surface area contributed by atoms with E-state index in [1.807, 2.05) is 0 Å². The molecular formula is C17H17ClN2O4S. The van der Waals surface area contributed by atoms with Crippen molar-refractivity contribution >= 4 is 46.4 Å². The molecule has 2 amide bonds. The van der Waals surface area contributed by atoms with Gasteiger partial charge in [0, 0.05) is 10.7 Å². The van der Waals surface area contributed by atoms with Gasteiger partial charge in [-0.15, -0.1) is 11.3 Å². The Balaban J connectivity index is 1.86. The third kappa shape index (κ3) is 5.58. The molecule has 2 aromatic rings. The highest BCUT2D eigenvalue weighted by Crippen LogP contribution is 2.15. The predicted octanol–water partition coefficient (Wildman–Crippen LogP) is 3.09. The van der Waals surface area contributed by atoms with Gasteiger partial charge in [0.25, 0.3) is 11.8 Å². The van der Waals surface area contributed by atoms with Crippen molar-refractivity contribution < 1.29 is 19.1 Å². The minimum absolute atomic E-state index is 0.365. The molecule has 1 heterocycles. The smallest absolute Gasteiger partial charge is 0.329 e. The molecule has 0 saturated heterocycles. The number of amides is 2. The van der Waals surface area contributed by atoms with E-state index in [2.05, 4.69) is 10.6 Å². The number of thiophene rings is 1. The maximum atomic E-state index is 12.1. The van der Waals surface area contributed by atoms with E-state index < -0.39 is 24.0 Å². The largest absolute Gasteiger partial charge is 0.451 e. The summed E-state index contributed by atoms with van der Waals surface area (Å²) < 4.78 is 5.10. The van der Waals surface area contributed by atoms with Crippen molar-refractivity contribution in [3.05, 3.63) is 51.7 Å². The molecule has 0 aliphatic heterocycles. The first-order chi connectivity index (χ1) is 11.9. The zero-order valence-electron chi connectivity index (χ0n) is 13.6. The number of benzene rings is 1. The van der Waals surface area contributed by atoms with Crippen molar-refractivity contribution in [1.29, 1.82) is 0 Å². The van der Waals surface area contributed by atoms with Crippen LogP contribution in [-0.2, 0) is 14.3 Å². The number of rotatable bonds is 6. The third-order valence-corrected chi connectivity index (χ3v) is 4.30.